The van der Waals surface area contributed by atoms with Crippen molar-refractivity contribution in [1.82, 2.24) is 10.2 Å². The summed E-state index contributed by atoms with van der Waals surface area (Å²) in [4.78, 5) is 27.8. The third-order valence-corrected chi connectivity index (χ3v) is 8.11. The number of carbonyl (C=O) groups is 2. The Morgan fingerprint density at radius 3 is 2.28 bits per heavy atom. The molecule has 0 aliphatic carbocycles. The van der Waals surface area contributed by atoms with Crippen molar-refractivity contribution in [1.29, 1.82) is 0 Å². The van der Waals surface area contributed by atoms with Crippen molar-refractivity contribution in [3.63, 3.8) is 0 Å². The molecule has 12 heteroatoms. The van der Waals surface area contributed by atoms with Crippen LogP contribution in [0.3, 0.4) is 0 Å². The number of sulfonamides is 1. The number of halogens is 2. The molecule has 0 saturated carbocycles. The molecule has 2 amide bonds. The van der Waals surface area contributed by atoms with Gasteiger partial charge in [-0.15, -0.1) is 0 Å². The fourth-order valence-corrected chi connectivity index (χ4v) is 5.55. The van der Waals surface area contributed by atoms with Gasteiger partial charge in [-0.3, -0.25) is 13.9 Å². The average molecular weight is 601 g/mol. The second kappa shape index (κ2) is 13.6. The van der Waals surface area contributed by atoms with Gasteiger partial charge in [0.25, 0.3) is 0 Å². The van der Waals surface area contributed by atoms with Crippen molar-refractivity contribution in [2.45, 2.75) is 46.2 Å². The zero-order valence-electron chi connectivity index (χ0n) is 22.6. The highest BCUT2D eigenvalue weighted by Gasteiger charge is 2.28. The summed E-state index contributed by atoms with van der Waals surface area (Å²) in [6.07, 6.45) is 1.33. The van der Waals surface area contributed by atoms with E-state index in [0.717, 1.165) is 6.26 Å². The second-order valence-electron chi connectivity index (χ2n) is 9.80. The Labute approximate surface area is 240 Å². The van der Waals surface area contributed by atoms with E-state index < -0.39 is 16.1 Å². The summed E-state index contributed by atoms with van der Waals surface area (Å²) in [6.45, 7) is 6.96. The maximum Gasteiger partial charge on any atom is 0.242 e. The van der Waals surface area contributed by atoms with E-state index in [4.69, 9.17) is 32.7 Å². The number of ether oxygens (including phenoxy) is 2. The monoisotopic (exact) mass is 599 g/mol. The number of fused-ring (bicyclic) bond motifs is 1. The first kappa shape index (κ1) is 30.8. The van der Waals surface area contributed by atoms with E-state index in [0.29, 0.717) is 52.6 Å². The van der Waals surface area contributed by atoms with Gasteiger partial charge in [-0.05, 0) is 43.5 Å². The van der Waals surface area contributed by atoms with Crippen LogP contribution in [-0.4, -0.2) is 63.7 Å². The fraction of sp³-hybridized carbons (Fsp3) is 0.481. The minimum Gasteiger partial charge on any atom is -0.486 e. The second-order valence-corrected chi connectivity index (χ2v) is 12.5. The summed E-state index contributed by atoms with van der Waals surface area (Å²) in [6, 6.07) is 9.18. The molecule has 1 unspecified atom stereocenters. The molecule has 0 radical (unpaired) electrons. The summed E-state index contributed by atoms with van der Waals surface area (Å²) >= 11 is 12.7. The number of rotatable bonds is 12. The molecule has 0 saturated heterocycles. The minimum atomic E-state index is -3.65. The van der Waals surface area contributed by atoms with Crippen LogP contribution in [-0.2, 0) is 26.2 Å². The summed E-state index contributed by atoms with van der Waals surface area (Å²) in [5.74, 6) is 0.633. The van der Waals surface area contributed by atoms with Gasteiger partial charge >= 0.3 is 0 Å². The lowest BCUT2D eigenvalue weighted by atomic mass is 10.1. The first-order valence-corrected chi connectivity index (χ1v) is 15.4. The van der Waals surface area contributed by atoms with Crippen molar-refractivity contribution in [2.24, 2.45) is 5.92 Å². The largest absolute Gasteiger partial charge is 0.486 e. The van der Waals surface area contributed by atoms with Crippen molar-refractivity contribution in [2.75, 3.05) is 36.9 Å². The minimum absolute atomic E-state index is 0.000441. The predicted octanol–water partition coefficient (Wildman–Crippen LogP) is 4.50. The highest BCUT2D eigenvalue weighted by atomic mass is 35.5. The van der Waals surface area contributed by atoms with Gasteiger partial charge in [-0.25, -0.2) is 8.42 Å². The lowest BCUT2D eigenvalue weighted by Crippen LogP contribution is -2.48. The summed E-state index contributed by atoms with van der Waals surface area (Å²) in [5, 5.41) is 3.64. The van der Waals surface area contributed by atoms with Crippen LogP contribution in [0, 0.1) is 5.92 Å². The first-order valence-electron chi connectivity index (χ1n) is 12.8. The number of hydrogen-bond acceptors (Lipinski definition) is 6. The molecule has 9 nitrogen and oxygen atoms in total. The number of nitrogens with one attached hydrogen (secondary N) is 1. The standard InChI is InChI=1S/C27H35Cl2N3O6S/c1-18(2)16-30-27(34)19(3)31(17-21-22(28)7-5-8-23(21)29)26(33)9-6-12-32(39(4,35)36)20-10-11-24-25(15-20)38-14-13-37-24/h5,7-8,10-11,15,18-19H,6,9,12-14,16-17H2,1-4H3,(H,30,34). The Morgan fingerprint density at radius 2 is 1.67 bits per heavy atom. The number of amides is 2. The molecule has 1 aliphatic heterocycles. The number of nitrogens with zero attached hydrogens (tertiary/aromatic N) is 2. The molecule has 3 rings (SSSR count). The predicted molar refractivity (Wildman–Crippen MR) is 153 cm³/mol. The molecule has 1 N–H and O–H groups in total. The first-order chi connectivity index (χ1) is 18.4. The molecule has 0 aromatic heterocycles. The molecule has 2 aromatic rings. The Morgan fingerprint density at radius 1 is 1.03 bits per heavy atom. The van der Waals surface area contributed by atoms with Crippen LogP contribution < -0.4 is 19.1 Å². The highest BCUT2D eigenvalue weighted by Crippen LogP contribution is 2.35. The smallest absolute Gasteiger partial charge is 0.242 e. The van der Waals surface area contributed by atoms with Crippen LogP contribution in [0.4, 0.5) is 5.69 Å². The van der Waals surface area contributed by atoms with E-state index in [2.05, 4.69) is 5.32 Å². The van der Waals surface area contributed by atoms with Crippen LogP contribution in [0.1, 0.15) is 39.2 Å². The van der Waals surface area contributed by atoms with Gasteiger partial charge in [0, 0.05) is 47.7 Å². The SMILES string of the molecule is CC(C)CNC(=O)C(C)N(Cc1c(Cl)cccc1Cl)C(=O)CCCN(c1ccc2c(c1)OCCO2)S(C)(=O)=O. The zero-order valence-corrected chi connectivity index (χ0v) is 24.9. The molecule has 0 spiro atoms. The molecule has 39 heavy (non-hydrogen) atoms. The summed E-state index contributed by atoms with van der Waals surface area (Å²) in [5.41, 5.74) is 0.946. The van der Waals surface area contributed by atoms with Crippen LogP contribution >= 0.6 is 23.2 Å². The molecule has 1 atom stereocenters. The quantitative estimate of drug-likeness (QED) is 0.385. The third-order valence-electron chi connectivity index (χ3n) is 6.21. The average Bonchev–Trinajstić information content (AvgIpc) is 2.88. The van der Waals surface area contributed by atoms with Gasteiger partial charge in [-0.1, -0.05) is 43.1 Å². The van der Waals surface area contributed by atoms with E-state index in [-0.39, 0.29) is 43.7 Å². The van der Waals surface area contributed by atoms with Crippen molar-refractivity contribution < 1.29 is 27.5 Å². The van der Waals surface area contributed by atoms with Gasteiger partial charge in [0.2, 0.25) is 21.8 Å². The van der Waals surface area contributed by atoms with E-state index in [1.807, 2.05) is 13.8 Å². The number of carbonyl (C=O) groups excluding carboxylic acids is 2. The number of hydrogen-bond donors (Lipinski definition) is 1. The van der Waals surface area contributed by atoms with Gasteiger partial charge in [0.05, 0.1) is 11.9 Å². The molecule has 0 fully saturated rings. The van der Waals surface area contributed by atoms with Crippen LogP contribution in [0.2, 0.25) is 10.0 Å². The molecule has 1 heterocycles. The molecule has 0 bridgehead atoms. The van der Waals surface area contributed by atoms with Crippen molar-refractivity contribution in [3.8, 4) is 11.5 Å². The van der Waals surface area contributed by atoms with Crippen LogP contribution in [0.15, 0.2) is 36.4 Å². The zero-order chi connectivity index (χ0) is 28.7. The normalized spacial score (nSPS) is 13.6. The van der Waals surface area contributed by atoms with E-state index in [9.17, 15) is 18.0 Å². The molecule has 214 valence electrons. The lowest BCUT2D eigenvalue weighted by molar-refractivity contribution is -0.140. The molecule has 1 aliphatic rings. The Hall–Kier alpha value is -2.69. The topological polar surface area (TPSA) is 105 Å². The number of benzene rings is 2. The van der Waals surface area contributed by atoms with Crippen molar-refractivity contribution >= 4 is 50.7 Å². The Balaban J connectivity index is 1.77. The Kier molecular flexibility index (Phi) is 10.7. The number of anilines is 1. The van der Waals surface area contributed by atoms with Crippen molar-refractivity contribution in [3.05, 3.63) is 52.0 Å². The van der Waals surface area contributed by atoms with Gasteiger partial charge in [0.1, 0.15) is 19.3 Å². The third kappa shape index (κ3) is 8.40. The van der Waals surface area contributed by atoms with E-state index >= 15 is 0 Å². The maximum absolute atomic E-state index is 13.5. The fourth-order valence-electron chi connectivity index (χ4n) is 4.08. The van der Waals surface area contributed by atoms with E-state index in [1.165, 1.54) is 9.21 Å². The molecular formula is C27H35Cl2N3O6S. The van der Waals surface area contributed by atoms with Crippen LogP contribution in [0.25, 0.3) is 0 Å². The lowest BCUT2D eigenvalue weighted by Gasteiger charge is -2.30. The Bertz CT molecular complexity index is 1270. The highest BCUT2D eigenvalue weighted by molar-refractivity contribution is 7.92. The van der Waals surface area contributed by atoms with Gasteiger partial charge in [0.15, 0.2) is 11.5 Å². The van der Waals surface area contributed by atoms with Gasteiger partial charge in [-0.2, -0.15) is 0 Å². The van der Waals surface area contributed by atoms with Gasteiger partial charge < -0.3 is 19.7 Å². The summed E-state index contributed by atoms with van der Waals surface area (Å²) < 4.78 is 37.6. The summed E-state index contributed by atoms with van der Waals surface area (Å²) in [7, 11) is -3.65. The maximum atomic E-state index is 13.5. The molecular weight excluding hydrogens is 565 g/mol. The molecule has 2 aromatic carbocycles. The van der Waals surface area contributed by atoms with Crippen LogP contribution in [0.5, 0.6) is 11.5 Å². The van der Waals surface area contributed by atoms with E-state index in [1.54, 1.807) is 43.3 Å².